The molecule has 0 N–H and O–H groups in total. The molecule has 0 fully saturated rings. The maximum absolute atomic E-state index is 5.81. The van der Waals surface area contributed by atoms with Crippen LogP contribution in [0.4, 0.5) is 0 Å². The van der Waals surface area contributed by atoms with E-state index in [-0.39, 0.29) is 6.04 Å². The second-order valence-electron chi connectivity index (χ2n) is 5.45. The van der Waals surface area contributed by atoms with E-state index in [2.05, 4.69) is 39.6 Å². The molecule has 0 bridgehead atoms. The van der Waals surface area contributed by atoms with Crippen molar-refractivity contribution in [3.05, 3.63) is 44.4 Å². The van der Waals surface area contributed by atoms with Crippen LogP contribution in [0.2, 0.25) is 0 Å². The fourth-order valence-corrected chi connectivity index (χ4v) is 3.76. The van der Waals surface area contributed by atoms with E-state index in [1.807, 2.05) is 25.3 Å². The van der Waals surface area contributed by atoms with Gasteiger partial charge >= 0.3 is 0 Å². The minimum atomic E-state index is 0.263. The van der Waals surface area contributed by atoms with Crippen molar-refractivity contribution in [3.8, 4) is 11.5 Å². The Labute approximate surface area is 138 Å². The largest absolute Gasteiger partial charge is 0.441 e. The van der Waals surface area contributed by atoms with Crippen LogP contribution in [0.3, 0.4) is 0 Å². The highest BCUT2D eigenvalue weighted by atomic mass is 32.1. The summed E-state index contributed by atoms with van der Waals surface area (Å²) in [7, 11) is 2.10. The quantitative estimate of drug-likeness (QED) is 0.680. The molecule has 116 valence electrons. The van der Waals surface area contributed by atoms with E-state index in [9.17, 15) is 0 Å². The molecule has 0 aliphatic carbocycles. The van der Waals surface area contributed by atoms with E-state index in [1.165, 1.54) is 0 Å². The standard InChI is InChI=1S/C16H19N3OS2/c1-10-8-22-16(17-10)11(2)19(4)7-14-12(3)20-15(18-14)13-5-6-21-9-13/h5-6,8-9,11H,7H2,1-4H3. The smallest absolute Gasteiger partial charge is 0.227 e. The SMILES string of the molecule is Cc1csc(C(C)N(C)Cc2nc(-c3ccsc3)oc2C)n1. The Morgan fingerprint density at radius 3 is 2.73 bits per heavy atom. The van der Waals surface area contributed by atoms with E-state index in [0.717, 1.165) is 34.3 Å². The van der Waals surface area contributed by atoms with Crippen LogP contribution in [-0.2, 0) is 6.54 Å². The molecule has 0 aliphatic rings. The third-order valence-electron chi connectivity index (χ3n) is 3.72. The van der Waals surface area contributed by atoms with Gasteiger partial charge in [0.15, 0.2) is 0 Å². The lowest BCUT2D eigenvalue weighted by Gasteiger charge is -2.21. The van der Waals surface area contributed by atoms with Crippen molar-refractivity contribution in [2.75, 3.05) is 7.05 Å². The lowest BCUT2D eigenvalue weighted by atomic mass is 10.2. The van der Waals surface area contributed by atoms with Gasteiger partial charge in [-0.05, 0) is 39.3 Å². The third-order valence-corrected chi connectivity index (χ3v) is 5.53. The van der Waals surface area contributed by atoms with Crippen LogP contribution < -0.4 is 0 Å². The monoisotopic (exact) mass is 333 g/mol. The maximum Gasteiger partial charge on any atom is 0.227 e. The van der Waals surface area contributed by atoms with Crippen LogP contribution in [0.1, 0.15) is 35.1 Å². The number of aromatic nitrogens is 2. The molecule has 3 rings (SSSR count). The number of hydrogen-bond donors (Lipinski definition) is 0. The molecule has 3 heterocycles. The van der Waals surface area contributed by atoms with Gasteiger partial charge in [0, 0.05) is 28.6 Å². The molecule has 3 aromatic heterocycles. The zero-order valence-corrected chi connectivity index (χ0v) is 14.8. The van der Waals surface area contributed by atoms with Gasteiger partial charge in [-0.1, -0.05) is 0 Å². The summed E-state index contributed by atoms with van der Waals surface area (Å²) < 4.78 is 5.81. The van der Waals surface area contributed by atoms with Crippen molar-refractivity contribution in [2.24, 2.45) is 0 Å². The van der Waals surface area contributed by atoms with Crippen molar-refractivity contribution >= 4 is 22.7 Å². The van der Waals surface area contributed by atoms with E-state index in [4.69, 9.17) is 4.42 Å². The maximum atomic E-state index is 5.81. The third kappa shape index (κ3) is 3.14. The van der Waals surface area contributed by atoms with Crippen molar-refractivity contribution < 1.29 is 4.42 Å². The first-order valence-corrected chi connectivity index (χ1v) is 8.98. The summed E-state index contributed by atoms with van der Waals surface area (Å²) in [5, 5.41) is 7.32. The van der Waals surface area contributed by atoms with Crippen molar-refractivity contribution in [3.63, 3.8) is 0 Å². The molecule has 22 heavy (non-hydrogen) atoms. The molecule has 3 aromatic rings. The van der Waals surface area contributed by atoms with Gasteiger partial charge < -0.3 is 4.42 Å². The number of aryl methyl sites for hydroxylation is 2. The normalized spacial score (nSPS) is 13.0. The van der Waals surface area contributed by atoms with Crippen LogP contribution >= 0.6 is 22.7 Å². The Balaban J connectivity index is 1.75. The van der Waals surface area contributed by atoms with Gasteiger partial charge in [0.05, 0.1) is 11.7 Å². The van der Waals surface area contributed by atoms with E-state index < -0.39 is 0 Å². The first-order chi connectivity index (χ1) is 10.5. The van der Waals surface area contributed by atoms with Crippen molar-refractivity contribution in [1.82, 2.24) is 14.9 Å². The van der Waals surface area contributed by atoms with Gasteiger partial charge in [-0.15, -0.1) is 11.3 Å². The zero-order valence-electron chi connectivity index (χ0n) is 13.2. The average Bonchev–Trinajstić information content (AvgIpc) is 3.20. The van der Waals surface area contributed by atoms with Crippen LogP contribution in [0.15, 0.2) is 26.6 Å². The molecular weight excluding hydrogens is 314 g/mol. The van der Waals surface area contributed by atoms with Crippen molar-refractivity contribution in [2.45, 2.75) is 33.4 Å². The van der Waals surface area contributed by atoms with Gasteiger partial charge in [-0.3, -0.25) is 4.90 Å². The van der Waals surface area contributed by atoms with Gasteiger partial charge in [0.1, 0.15) is 10.8 Å². The van der Waals surface area contributed by atoms with Crippen LogP contribution in [0.25, 0.3) is 11.5 Å². The minimum Gasteiger partial charge on any atom is -0.441 e. The molecule has 0 spiro atoms. The predicted octanol–water partition coefficient (Wildman–Crippen LogP) is 4.67. The molecular formula is C16H19N3OS2. The number of thiazole rings is 1. The summed E-state index contributed by atoms with van der Waals surface area (Å²) in [4.78, 5) is 11.5. The first-order valence-electron chi connectivity index (χ1n) is 7.15. The molecule has 0 aliphatic heterocycles. The van der Waals surface area contributed by atoms with Gasteiger partial charge in [-0.25, -0.2) is 9.97 Å². The summed E-state index contributed by atoms with van der Waals surface area (Å²) in [6.45, 7) is 6.93. The van der Waals surface area contributed by atoms with E-state index in [0.29, 0.717) is 5.89 Å². The highest BCUT2D eigenvalue weighted by molar-refractivity contribution is 7.09. The molecule has 0 saturated carbocycles. The van der Waals surface area contributed by atoms with Crippen LogP contribution in [0, 0.1) is 13.8 Å². The predicted molar refractivity (Wildman–Crippen MR) is 91.3 cm³/mol. The molecule has 1 atom stereocenters. The molecule has 0 amide bonds. The summed E-state index contributed by atoms with van der Waals surface area (Å²) in [6, 6.07) is 2.30. The summed E-state index contributed by atoms with van der Waals surface area (Å²) in [5.74, 6) is 1.59. The second kappa shape index (κ2) is 6.32. The number of nitrogens with zero attached hydrogens (tertiary/aromatic N) is 3. The van der Waals surface area contributed by atoms with Crippen LogP contribution in [0.5, 0.6) is 0 Å². The first kappa shape index (κ1) is 15.4. The van der Waals surface area contributed by atoms with E-state index in [1.54, 1.807) is 22.7 Å². The fourth-order valence-electron chi connectivity index (χ4n) is 2.21. The molecule has 0 saturated heterocycles. The van der Waals surface area contributed by atoms with Crippen LogP contribution in [-0.4, -0.2) is 21.9 Å². The Morgan fingerprint density at radius 1 is 1.27 bits per heavy atom. The average molecular weight is 333 g/mol. The molecule has 0 aromatic carbocycles. The second-order valence-corrected chi connectivity index (χ2v) is 7.12. The van der Waals surface area contributed by atoms with Gasteiger partial charge in [0.2, 0.25) is 5.89 Å². The molecule has 4 nitrogen and oxygen atoms in total. The Kier molecular flexibility index (Phi) is 4.42. The highest BCUT2D eigenvalue weighted by Crippen LogP contribution is 2.27. The fraction of sp³-hybridized carbons (Fsp3) is 0.375. The highest BCUT2D eigenvalue weighted by Gasteiger charge is 2.19. The van der Waals surface area contributed by atoms with Crippen molar-refractivity contribution in [1.29, 1.82) is 0 Å². The van der Waals surface area contributed by atoms with Gasteiger partial charge in [0.25, 0.3) is 0 Å². The summed E-state index contributed by atoms with van der Waals surface area (Å²) in [6.07, 6.45) is 0. The molecule has 1 unspecified atom stereocenters. The number of rotatable bonds is 5. The molecule has 6 heteroatoms. The van der Waals surface area contributed by atoms with Gasteiger partial charge in [-0.2, -0.15) is 11.3 Å². The Bertz CT molecular complexity index is 745. The summed E-state index contributed by atoms with van der Waals surface area (Å²) in [5.41, 5.74) is 3.12. The number of oxazole rings is 1. The minimum absolute atomic E-state index is 0.263. The number of thiophene rings is 1. The van der Waals surface area contributed by atoms with E-state index >= 15 is 0 Å². The number of hydrogen-bond acceptors (Lipinski definition) is 6. The summed E-state index contributed by atoms with van der Waals surface area (Å²) >= 11 is 3.36. The Hall–Kier alpha value is -1.50. The lowest BCUT2D eigenvalue weighted by Crippen LogP contribution is -2.22. The Morgan fingerprint density at radius 2 is 2.09 bits per heavy atom. The topological polar surface area (TPSA) is 42.2 Å². The molecule has 0 radical (unpaired) electrons. The zero-order chi connectivity index (χ0) is 15.7. The lowest BCUT2D eigenvalue weighted by molar-refractivity contribution is 0.248.